The minimum Gasteiger partial charge on any atom is -0.462 e. The fourth-order valence-corrected chi connectivity index (χ4v) is 6.59. The van der Waals surface area contributed by atoms with Crippen LogP contribution in [0.4, 0.5) is 4.39 Å². The standard InChI is InChI=1S/C34H45FO4/c1-4-6-7-11-18-38-29-22-30(25-14-17-32(35)24(3)19-25)31(16-15-28-20-27(36)21-33(37)39-28)34(5-2,23-29)26-12-9-8-10-13-26/h8-10,12-14,17,19,27-29,36H,4-7,11,15-16,18,20-23H2,1-3H3/t27-,28-,29?,34?/m0/s1. The van der Waals surface area contributed by atoms with Gasteiger partial charge in [0.2, 0.25) is 0 Å². The van der Waals surface area contributed by atoms with Crippen molar-refractivity contribution in [2.45, 2.75) is 115 Å². The molecule has 4 rings (SSSR count). The molecule has 0 aromatic heterocycles. The molecular weight excluding hydrogens is 491 g/mol. The number of ether oxygens (including phenoxy) is 2. The zero-order valence-corrected chi connectivity index (χ0v) is 23.9. The monoisotopic (exact) mass is 536 g/mol. The highest BCUT2D eigenvalue weighted by Crippen LogP contribution is 2.51. The number of allylic oxidation sites excluding steroid dienone is 1. The molecule has 0 bridgehead atoms. The molecule has 1 aliphatic carbocycles. The van der Waals surface area contributed by atoms with Crippen LogP contribution in [0.2, 0.25) is 0 Å². The van der Waals surface area contributed by atoms with Crippen LogP contribution in [-0.4, -0.2) is 36.0 Å². The number of carbonyl (C=O) groups excluding carboxylic acids is 1. The van der Waals surface area contributed by atoms with Gasteiger partial charge in [-0.15, -0.1) is 0 Å². The van der Waals surface area contributed by atoms with Crippen molar-refractivity contribution in [3.05, 3.63) is 76.6 Å². The number of aryl methyl sites for hydroxylation is 1. The second-order valence-electron chi connectivity index (χ2n) is 11.4. The largest absolute Gasteiger partial charge is 0.462 e. The van der Waals surface area contributed by atoms with Crippen LogP contribution < -0.4 is 0 Å². The molecule has 1 saturated heterocycles. The molecule has 39 heavy (non-hydrogen) atoms. The number of cyclic esters (lactones) is 1. The Morgan fingerprint density at radius 1 is 1.08 bits per heavy atom. The Hall–Kier alpha value is -2.50. The second kappa shape index (κ2) is 13.7. The first kappa shape index (κ1) is 29.5. The first-order valence-electron chi connectivity index (χ1n) is 14.9. The minimum absolute atomic E-state index is 0.0604. The molecule has 4 nitrogen and oxygen atoms in total. The Labute approximate surface area is 233 Å². The van der Waals surface area contributed by atoms with E-state index in [0.717, 1.165) is 44.3 Å². The Morgan fingerprint density at radius 3 is 2.56 bits per heavy atom. The van der Waals surface area contributed by atoms with E-state index in [1.807, 2.05) is 25.1 Å². The highest BCUT2D eigenvalue weighted by molar-refractivity contribution is 5.74. The normalized spacial score (nSPS) is 25.6. The summed E-state index contributed by atoms with van der Waals surface area (Å²) in [6, 6.07) is 16.1. The Balaban J connectivity index is 1.75. The van der Waals surface area contributed by atoms with Gasteiger partial charge in [-0.2, -0.15) is 0 Å². The van der Waals surface area contributed by atoms with Crippen LogP contribution in [0.15, 0.2) is 54.1 Å². The Kier molecular flexibility index (Phi) is 10.4. The van der Waals surface area contributed by atoms with Crippen LogP contribution in [0.3, 0.4) is 0 Å². The minimum atomic E-state index is -0.647. The number of halogens is 1. The fraction of sp³-hybridized carbons (Fsp3) is 0.559. The molecule has 2 aromatic carbocycles. The second-order valence-corrected chi connectivity index (χ2v) is 11.4. The number of hydrogen-bond donors (Lipinski definition) is 1. The van der Waals surface area contributed by atoms with E-state index in [4.69, 9.17) is 9.47 Å². The average molecular weight is 537 g/mol. The predicted octanol–water partition coefficient (Wildman–Crippen LogP) is 7.84. The van der Waals surface area contributed by atoms with E-state index >= 15 is 0 Å². The molecule has 5 heteroatoms. The van der Waals surface area contributed by atoms with Crippen molar-refractivity contribution in [2.75, 3.05) is 6.61 Å². The summed E-state index contributed by atoms with van der Waals surface area (Å²) in [7, 11) is 0. The molecule has 0 saturated carbocycles. The van der Waals surface area contributed by atoms with E-state index in [1.54, 1.807) is 6.07 Å². The van der Waals surface area contributed by atoms with Gasteiger partial charge in [-0.3, -0.25) is 4.79 Å². The number of aliphatic hydroxyl groups is 1. The number of rotatable bonds is 12. The van der Waals surface area contributed by atoms with Gasteiger partial charge in [0.1, 0.15) is 11.9 Å². The van der Waals surface area contributed by atoms with Gasteiger partial charge >= 0.3 is 5.97 Å². The van der Waals surface area contributed by atoms with E-state index in [0.29, 0.717) is 18.4 Å². The molecule has 1 N–H and O–H groups in total. The van der Waals surface area contributed by atoms with Gasteiger partial charge in [-0.25, -0.2) is 4.39 Å². The van der Waals surface area contributed by atoms with Gasteiger partial charge in [-0.05, 0) is 79.8 Å². The summed E-state index contributed by atoms with van der Waals surface area (Å²) in [4.78, 5) is 12.1. The number of benzene rings is 2. The van der Waals surface area contributed by atoms with Crippen molar-refractivity contribution in [3.8, 4) is 0 Å². The maximum Gasteiger partial charge on any atom is 0.308 e. The molecule has 2 aromatic rings. The Bertz CT molecular complexity index is 1130. The molecule has 212 valence electrons. The van der Waals surface area contributed by atoms with Crippen LogP contribution in [0, 0.1) is 12.7 Å². The van der Waals surface area contributed by atoms with Gasteiger partial charge in [0.05, 0.1) is 18.6 Å². The zero-order chi connectivity index (χ0) is 27.8. The maximum absolute atomic E-state index is 14.3. The van der Waals surface area contributed by atoms with Crippen LogP contribution in [0.1, 0.15) is 101 Å². The van der Waals surface area contributed by atoms with E-state index < -0.39 is 6.10 Å². The van der Waals surface area contributed by atoms with E-state index in [-0.39, 0.29) is 35.8 Å². The van der Waals surface area contributed by atoms with E-state index in [2.05, 4.69) is 38.1 Å². The first-order valence-corrected chi connectivity index (χ1v) is 14.9. The van der Waals surface area contributed by atoms with Gasteiger partial charge in [-0.1, -0.05) is 75.1 Å². The first-order chi connectivity index (χ1) is 18.9. The summed E-state index contributed by atoms with van der Waals surface area (Å²) >= 11 is 0. The van der Waals surface area contributed by atoms with Gasteiger partial charge < -0.3 is 14.6 Å². The summed E-state index contributed by atoms with van der Waals surface area (Å²) in [6.07, 6.45) is 8.26. The number of hydrogen-bond acceptors (Lipinski definition) is 4. The lowest BCUT2D eigenvalue weighted by molar-refractivity contribution is -0.160. The lowest BCUT2D eigenvalue weighted by Crippen LogP contribution is -2.39. The number of aliphatic hydroxyl groups excluding tert-OH is 1. The topological polar surface area (TPSA) is 55.8 Å². The SMILES string of the molecule is CCCCCCOC1CC(c2ccc(F)c(C)c2)=C(CC[C@H]2C[C@H](O)CC(=O)O2)C(CC)(c2ccccc2)C1. The summed E-state index contributed by atoms with van der Waals surface area (Å²) in [5.74, 6) is -0.527. The summed E-state index contributed by atoms with van der Waals surface area (Å²) in [5.41, 5.74) is 5.23. The van der Waals surface area contributed by atoms with Crippen molar-refractivity contribution in [1.82, 2.24) is 0 Å². The summed E-state index contributed by atoms with van der Waals surface area (Å²) < 4.78 is 26.6. The lowest BCUT2D eigenvalue weighted by Gasteiger charge is -2.45. The average Bonchev–Trinajstić information content (AvgIpc) is 2.93. The predicted molar refractivity (Wildman–Crippen MR) is 154 cm³/mol. The van der Waals surface area contributed by atoms with Crippen LogP contribution in [-0.2, 0) is 19.7 Å². The van der Waals surface area contributed by atoms with Gasteiger partial charge in [0.15, 0.2) is 0 Å². The quantitative estimate of drug-likeness (QED) is 0.222. The molecule has 2 unspecified atom stereocenters. The molecule has 4 atom stereocenters. The molecule has 2 aliphatic rings. The molecule has 0 amide bonds. The molecule has 1 aliphatic heterocycles. The van der Waals surface area contributed by atoms with E-state index in [1.165, 1.54) is 36.0 Å². The third-order valence-corrected chi connectivity index (χ3v) is 8.69. The highest BCUT2D eigenvalue weighted by atomic mass is 19.1. The Morgan fingerprint density at radius 2 is 1.87 bits per heavy atom. The molecule has 0 spiro atoms. The molecule has 0 radical (unpaired) electrons. The van der Waals surface area contributed by atoms with Crippen molar-refractivity contribution in [1.29, 1.82) is 0 Å². The number of unbranched alkanes of at least 4 members (excludes halogenated alkanes) is 3. The maximum atomic E-state index is 14.3. The highest BCUT2D eigenvalue weighted by Gasteiger charge is 2.43. The van der Waals surface area contributed by atoms with Crippen LogP contribution in [0.5, 0.6) is 0 Å². The van der Waals surface area contributed by atoms with Crippen molar-refractivity contribution in [2.24, 2.45) is 0 Å². The van der Waals surface area contributed by atoms with Crippen molar-refractivity contribution < 1.29 is 23.8 Å². The third-order valence-electron chi connectivity index (χ3n) is 8.69. The van der Waals surface area contributed by atoms with Crippen LogP contribution in [0.25, 0.3) is 5.57 Å². The van der Waals surface area contributed by atoms with E-state index in [9.17, 15) is 14.3 Å². The molecular formula is C34H45FO4. The lowest BCUT2D eigenvalue weighted by atomic mass is 9.61. The van der Waals surface area contributed by atoms with Gasteiger partial charge in [0, 0.05) is 18.4 Å². The van der Waals surface area contributed by atoms with Crippen molar-refractivity contribution in [3.63, 3.8) is 0 Å². The fourth-order valence-electron chi connectivity index (χ4n) is 6.59. The molecule has 1 heterocycles. The number of carbonyl (C=O) groups is 1. The zero-order valence-electron chi connectivity index (χ0n) is 23.9. The summed E-state index contributed by atoms with van der Waals surface area (Å²) in [6.45, 7) is 7.03. The smallest absolute Gasteiger partial charge is 0.308 e. The summed E-state index contributed by atoms with van der Waals surface area (Å²) in [5, 5.41) is 10.2. The number of esters is 1. The molecule has 1 fully saturated rings. The van der Waals surface area contributed by atoms with Crippen LogP contribution >= 0.6 is 0 Å². The van der Waals surface area contributed by atoms with Gasteiger partial charge in [0.25, 0.3) is 0 Å². The van der Waals surface area contributed by atoms with Crippen molar-refractivity contribution >= 4 is 11.5 Å². The third kappa shape index (κ3) is 7.18.